The van der Waals surface area contributed by atoms with E-state index in [2.05, 4.69) is 6.92 Å². The predicted octanol–water partition coefficient (Wildman–Crippen LogP) is 1.29. The zero-order valence-corrected chi connectivity index (χ0v) is 3.99. The van der Waals surface area contributed by atoms with Crippen LogP contribution >= 0.6 is 0 Å². The van der Waals surface area contributed by atoms with E-state index in [1.807, 2.05) is 0 Å². The van der Waals surface area contributed by atoms with Crippen molar-refractivity contribution in [2.75, 3.05) is 0 Å². The highest BCUT2D eigenvalue weighted by Gasteiger charge is 2.52. The van der Waals surface area contributed by atoms with Crippen LogP contribution in [0.5, 0.6) is 0 Å². The molecule has 1 heteroatoms. The van der Waals surface area contributed by atoms with E-state index < -0.39 is 0 Å². The molecule has 0 nitrogen and oxygen atoms in total. The van der Waals surface area contributed by atoms with Gasteiger partial charge in [-0.1, -0.05) is 13.2 Å². The summed E-state index contributed by atoms with van der Waals surface area (Å²) in [4.78, 5) is 0. The van der Waals surface area contributed by atoms with E-state index in [-0.39, 0.29) is 0 Å². The van der Waals surface area contributed by atoms with E-state index in [1.54, 1.807) is 10.9 Å². The molecule has 0 bridgehead atoms. The number of hydrogen-bond acceptors (Lipinski definition) is 0. The highest BCUT2D eigenvalue weighted by molar-refractivity contribution is 6.98. The average molecular weight is 77.9 g/mol. The van der Waals surface area contributed by atoms with Crippen LogP contribution in [0.4, 0.5) is 0 Å². The minimum absolute atomic E-state index is 1.06. The normalized spacial score (nSPS) is 24.5. The molecule has 0 aliphatic carbocycles. The summed E-state index contributed by atoms with van der Waals surface area (Å²) in [5.74, 6) is 0. The third kappa shape index (κ3) is 0.157. The van der Waals surface area contributed by atoms with Gasteiger partial charge in [-0.3, -0.25) is 0 Å². The Morgan fingerprint density at radius 2 is 2.50 bits per heavy atom. The van der Waals surface area contributed by atoms with Gasteiger partial charge in [-0.05, 0) is 6.42 Å². The van der Waals surface area contributed by atoms with Crippen molar-refractivity contribution in [3.05, 3.63) is 10.9 Å². The van der Waals surface area contributed by atoms with Gasteiger partial charge in [-0.15, -0.1) is 10.9 Å². The van der Waals surface area contributed by atoms with E-state index in [9.17, 15) is 0 Å². The van der Waals surface area contributed by atoms with Crippen molar-refractivity contribution in [2.24, 2.45) is 0 Å². The molecule has 0 aromatic rings. The third-order valence-corrected chi connectivity index (χ3v) is 1.82. The molecular weight excluding hydrogens is 70.9 g/mol. The molecule has 6 heavy (non-hydrogen) atoms. The second kappa shape index (κ2) is 0.596. The Balaban J connectivity index is 2.17. The first-order valence-electron chi connectivity index (χ1n) is 2.65. The summed E-state index contributed by atoms with van der Waals surface area (Å²) >= 11 is 0. The van der Waals surface area contributed by atoms with Crippen molar-refractivity contribution in [1.82, 2.24) is 0 Å². The maximum absolute atomic E-state index is 2.24. The largest absolute Gasteiger partial charge is 0.199 e. The zero-order chi connectivity index (χ0) is 4.15. The van der Waals surface area contributed by atoms with Crippen molar-refractivity contribution >= 4 is 6.71 Å². The molecular formula is C5H7B. The maximum Gasteiger partial charge on any atom is 0.199 e. The summed E-state index contributed by atoms with van der Waals surface area (Å²) < 4.78 is 0. The molecule has 2 aliphatic rings. The minimum atomic E-state index is 1.06. The van der Waals surface area contributed by atoms with E-state index in [0.29, 0.717) is 0 Å². The van der Waals surface area contributed by atoms with Crippen LogP contribution in [0.25, 0.3) is 0 Å². The molecule has 0 aromatic heterocycles. The molecule has 0 aromatic carbocycles. The number of allylic oxidation sites excluding steroid dienone is 2. The summed E-state index contributed by atoms with van der Waals surface area (Å²) in [6.45, 7) is 3.31. The molecule has 30 valence electrons. The van der Waals surface area contributed by atoms with Crippen LogP contribution in [-0.2, 0) is 0 Å². The Morgan fingerprint density at radius 1 is 1.83 bits per heavy atom. The topological polar surface area (TPSA) is 0 Å². The van der Waals surface area contributed by atoms with E-state index in [1.165, 1.54) is 12.7 Å². The van der Waals surface area contributed by atoms with Crippen LogP contribution < -0.4 is 0 Å². The lowest BCUT2D eigenvalue weighted by Gasteiger charge is -1.81. The molecule has 2 rings (SSSR count). The van der Waals surface area contributed by atoms with Gasteiger partial charge in [-0.2, -0.15) is 0 Å². The van der Waals surface area contributed by atoms with Gasteiger partial charge in [-0.25, -0.2) is 0 Å². The Bertz CT molecular complexity index is 124. The average Bonchev–Trinajstić information content (AvgIpc) is 2.12. The Morgan fingerprint density at radius 3 is 2.50 bits per heavy atom. The van der Waals surface area contributed by atoms with Gasteiger partial charge in [0.25, 0.3) is 0 Å². The minimum Gasteiger partial charge on any atom is -0.111 e. The summed E-state index contributed by atoms with van der Waals surface area (Å²) in [6, 6.07) is 0. The van der Waals surface area contributed by atoms with Gasteiger partial charge >= 0.3 is 0 Å². The molecule has 0 saturated carbocycles. The predicted molar refractivity (Wildman–Crippen MR) is 27.9 cm³/mol. The lowest BCUT2D eigenvalue weighted by molar-refractivity contribution is 1.19. The molecule has 1 fully saturated rings. The molecule has 1 saturated heterocycles. The fourth-order valence-corrected chi connectivity index (χ4v) is 1.14. The summed E-state index contributed by atoms with van der Waals surface area (Å²) in [6.07, 6.45) is 2.79. The second-order valence-corrected chi connectivity index (χ2v) is 2.16. The van der Waals surface area contributed by atoms with E-state index in [4.69, 9.17) is 0 Å². The molecule has 2 heterocycles. The molecule has 0 radical (unpaired) electrons. The van der Waals surface area contributed by atoms with Crippen molar-refractivity contribution in [3.63, 3.8) is 0 Å². The standard InChI is InChI=1S/C5H7B/c1-2-4-5-3-6(4)5/h2-3H2,1H3. The molecule has 0 amide bonds. The summed E-state index contributed by atoms with van der Waals surface area (Å²) in [5, 5.41) is 0. The van der Waals surface area contributed by atoms with E-state index in [0.717, 1.165) is 6.71 Å². The second-order valence-electron chi connectivity index (χ2n) is 2.16. The summed E-state index contributed by atoms with van der Waals surface area (Å²) in [7, 11) is 0. The highest BCUT2D eigenvalue weighted by Crippen LogP contribution is 2.53. The third-order valence-electron chi connectivity index (χ3n) is 1.82. The number of rotatable bonds is 1. The molecule has 0 N–H and O–H groups in total. The molecule has 2 aliphatic heterocycles. The van der Waals surface area contributed by atoms with Gasteiger partial charge in [0.2, 0.25) is 0 Å². The fraction of sp³-hybridized carbons (Fsp3) is 0.600. The fourth-order valence-electron chi connectivity index (χ4n) is 1.14. The first-order valence-corrected chi connectivity index (χ1v) is 2.65. The van der Waals surface area contributed by atoms with Crippen LogP contribution in [0.3, 0.4) is 0 Å². The molecule has 0 unspecified atom stereocenters. The van der Waals surface area contributed by atoms with Crippen LogP contribution in [-0.4, -0.2) is 6.71 Å². The number of hydrogen-bond donors (Lipinski definition) is 0. The van der Waals surface area contributed by atoms with Crippen LogP contribution in [0.15, 0.2) is 10.9 Å². The van der Waals surface area contributed by atoms with Crippen LogP contribution in [0.2, 0.25) is 6.32 Å². The maximum atomic E-state index is 2.24. The Labute approximate surface area is 38.3 Å². The van der Waals surface area contributed by atoms with Gasteiger partial charge in [0.15, 0.2) is 6.71 Å². The lowest BCUT2D eigenvalue weighted by atomic mass is 9.76. The first-order chi connectivity index (χ1) is 2.93. The smallest absolute Gasteiger partial charge is 0.111 e. The van der Waals surface area contributed by atoms with Gasteiger partial charge in [0.05, 0.1) is 0 Å². The molecule has 0 atom stereocenters. The van der Waals surface area contributed by atoms with Crippen molar-refractivity contribution < 1.29 is 0 Å². The number of fused-ring (bicyclic) bond motifs is 1. The van der Waals surface area contributed by atoms with E-state index >= 15 is 0 Å². The Hall–Kier alpha value is -0.195. The van der Waals surface area contributed by atoms with Gasteiger partial charge < -0.3 is 0 Å². The van der Waals surface area contributed by atoms with Crippen molar-refractivity contribution in [3.8, 4) is 0 Å². The van der Waals surface area contributed by atoms with Crippen molar-refractivity contribution in [2.45, 2.75) is 19.7 Å². The van der Waals surface area contributed by atoms with Gasteiger partial charge in [0.1, 0.15) is 0 Å². The SMILES string of the molecule is CCC1=C2CB12. The highest BCUT2D eigenvalue weighted by atomic mass is 14.2. The molecule has 0 spiro atoms. The first kappa shape index (κ1) is 2.89. The monoisotopic (exact) mass is 78.1 g/mol. The Kier molecular flexibility index (Phi) is 0.287. The summed E-state index contributed by atoms with van der Waals surface area (Å²) in [5.41, 5.74) is 3.56. The zero-order valence-electron chi connectivity index (χ0n) is 3.99. The van der Waals surface area contributed by atoms with Gasteiger partial charge in [0, 0.05) is 0 Å². The lowest BCUT2D eigenvalue weighted by Crippen LogP contribution is -1.75. The van der Waals surface area contributed by atoms with Crippen LogP contribution in [0, 0.1) is 0 Å². The van der Waals surface area contributed by atoms with Crippen LogP contribution in [0.1, 0.15) is 13.3 Å². The van der Waals surface area contributed by atoms with Crippen molar-refractivity contribution in [1.29, 1.82) is 0 Å². The quantitative estimate of drug-likeness (QED) is 0.414.